The Morgan fingerprint density at radius 3 is 2.33 bits per heavy atom. The van der Waals surface area contributed by atoms with E-state index in [1.54, 1.807) is 22.7 Å². The minimum Gasteiger partial charge on any atom is -0.468 e. The first-order chi connectivity index (χ1) is 14.2. The van der Waals surface area contributed by atoms with Crippen LogP contribution in [0.5, 0.6) is 0 Å². The summed E-state index contributed by atoms with van der Waals surface area (Å²) in [4.78, 5) is 14.8. The Balaban J connectivity index is 1.66. The average Bonchev–Trinajstić information content (AvgIpc) is 3.21. The van der Waals surface area contributed by atoms with E-state index in [4.69, 9.17) is 4.42 Å². The second-order valence-electron chi connectivity index (χ2n) is 8.50. The van der Waals surface area contributed by atoms with Gasteiger partial charge in [0.25, 0.3) is 5.91 Å². The fourth-order valence-electron chi connectivity index (χ4n) is 4.04. The number of hydrogen-bond donors (Lipinski definition) is 1. The summed E-state index contributed by atoms with van der Waals surface area (Å²) in [5, 5.41) is 2.90. The van der Waals surface area contributed by atoms with Gasteiger partial charge in [0.1, 0.15) is 5.76 Å². The first-order valence-corrected chi connectivity index (χ1v) is 11.7. The highest BCUT2D eigenvalue weighted by atomic mass is 32.2. The highest BCUT2D eigenvalue weighted by Crippen LogP contribution is 2.27. The molecule has 164 valence electrons. The van der Waals surface area contributed by atoms with Gasteiger partial charge in [-0.3, -0.25) is 9.69 Å². The van der Waals surface area contributed by atoms with Gasteiger partial charge in [0.05, 0.1) is 17.2 Å². The van der Waals surface area contributed by atoms with Crippen molar-refractivity contribution in [1.29, 1.82) is 0 Å². The third-order valence-electron chi connectivity index (χ3n) is 5.54. The molecular formula is C22H31N3O4S. The number of rotatable bonds is 7. The van der Waals surface area contributed by atoms with Crippen LogP contribution in [0.1, 0.15) is 42.4 Å². The molecule has 3 atom stereocenters. The lowest BCUT2D eigenvalue weighted by Gasteiger charge is -2.34. The van der Waals surface area contributed by atoms with Crippen molar-refractivity contribution in [3.05, 3.63) is 54.0 Å². The fourth-order valence-corrected chi connectivity index (χ4v) is 5.72. The Bertz CT molecular complexity index is 929. The number of likely N-dealkylation sites (N-methyl/N-ethyl adjacent to an activating group) is 1. The quantitative estimate of drug-likeness (QED) is 0.726. The number of benzene rings is 1. The van der Waals surface area contributed by atoms with E-state index in [1.807, 2.05) is 31.1 Å². The van der Waals surface area contributed by atoms with Crippen LogP contribution < -0.4 is 5.32 Å². The van der Waals surface area contributed by atoms with Crippen molar-refractivity contribution < 1.29 is 17.6 Å². The van der Waals surface area contributed by atoms with E-state index < -0.39 is 10.0 Å². The minimum absolute atomic E-state index is 0.0910. The topological polar surface area (TPSA) is 82.9 Å². The van der Waals surface area contributed by atoms with Crippen molar-refractivity contribution in [2.45, 2.75) is 31.2 Å². The Kier molecular flexibility index (Phi) is 7.00. The third-order valence-corrected chi connectivity index (χ3v) is 7.39. The van der Waals surface area contributed by atoms with Gasteiger partial charge in [0.2, 0.25) is 10.0 Å². The molecule has 1 aromatic heterocycles. The molecule has 30 heavy (non-hydrogen) atoms. The molecule has 1 fully saturated rings. The molecule has 0 bridgehead atoms. The van der Waals surface area contributed by atoms with E-state index in [2.05, 4.69) is 19.2 Å². The maximum atomic E-state index is 13.0. The molecule has 7 nitrogen and oxygen atoms in total. The van der Waals surface area contributed by atoms with E-state index in [1.165, 1.54) is 12.1 Å². The largest absolute Gasteiger partial charge is 0.468 e. The molecule has 1 aromatic carbocycles. The molecule has 1 N–H and O–H groups in total. The van der Waals surface area contributed by atoms with E-state index in [0.717, 1.165) is 12.2 Å². The Labute approximate surface area is 179 Å². The first-order valence-electron chi connectivity index (χ1n) is 10.3. The number of carbonyl (C=O) groups is 1. The molecule has 0 saturated carbocycles. The number of furan rings is 1. The minimum atomic E-state index is -3.55. The Hall–Kier alpha value is -2.16. The lowest BCUT2D eigenvalue weighted by atomic mass is 9.94. The molecule has 1 aliphatic heterocycles. The van der Waals surface area contributed by atoms with Crippen LogP contribution in [0.4, 0.5) is 0 Å². The Morgan fingerprint density at radius 1 is 1.17 bits per heavy atom. The van der Waals surface area contributed by atoms with Gasteiger partial charge in [-0.1, -0.05) is 13.8 Å². The van der Waals surface area contributed by atoms with Gasteiger partial charge in [-0.05, 0) is 68.8 Å². The standard InChI is InChI=1S/C22H31N3O4S/c1-16-12-17(2)15-25(14-16)30(27,28)19-9-7-18(8-10-19)22(26)23-13-20(24(3)4)21-6-5-11-29-21/h5-11,16-17,20H,12-15H2,1-4H3,(H,23,26). The van der Waals surface area contributed by atoms with E-state index in [9.17, 15) is 13.2 Å². The highest BCUT2D eigenvalue weighted by Gasteiger charge is 2.31. The van der Waals surface area contributed by atoms with E-state index in [0.29, 0.717) is 37.0 Å². The summed E-state index contributed by atoms with van der Waals surface area (Å²) in [6.45, 7) is 5.61. The van der Waals surface area contributed by atoms with Gasteiger partial charge in [0, 0.05) is 25.2 Å². The predicted octanol–water partition coefficient (Wildman–Crippen LogP) is 2.98. The molecule has 2 aromatic rings. The van der Waals surface area contributed by atoms with Crippen molar-refractivity contribution >= 4 is 15.9 Å². The monoisotopic (exact) mass is 433 g/mol. The van der Waals surface area contributed by atoms with Crippen LogP contribution in [0.25, 0.3) is 0 Å². The molecule has 0 spiro atoms. The molecule has 1 saturated heterocycles. The summed E-state index contributed by atoms with van der Waals surface area (Å²) in [5.41, 5.74) is 0.422. The summed E-state index contributed by atoms with van der Waals surface area (Å²) in [6, 6.07) is 9.77. The second-order valence-corrected chi connectivity index (χ2v) is 10.4. The molecule has 2 heterocycles. The number of amides is 1. The summed E-state index contributed by atoms with van der Waals surface area (Å²) in [6.07, 6.45) is 2.65. The summed E-state index contributed by atoms with van der Waals surface area (Å²) in [7, 11) is 0.282. The number of hydrogen-bond acceptors (Lipinski definition) is 5. The number of nitrogens with one attached hydrogen (secondary N) is 1. The summed E-state index contributed by atoms with van der Waals surface area (Å²) in [5.74, 6) is 1.20. The highest BCUT2D eigenvalue weighted by molar-refractivity contribution is 7.89. The lowest BCUT2D eigenvalue weighted by molar-refractivity contribution is 0.0939. The van der Waals surface area contributed by atoms with Crippen LogP contribution in [0.15, 0.2) is 52.0 Å². The normalized spacial score (nSPS) is 21.5. The molecule has 3 unspecified atom stereocenters. The molecular weight excluding hydrogens is 402 g/mol. The summed E-state index contributed by atoms with van der Waals surface area (Å²) < 4.78 is 33.0. The molecule has 1 amide bonds. The molecule has 1 aliphatic rings. The smallest absolute Gasteiger partial charge is 0.251 e. The third kappa shape index (κ3) is 5.11. The number of sulfonamides is 1. The van der Waals surface area contributed by atoms with Crippen LogP contribution in [0.2, 0.25) is 0 Å². The average molecular weight is 434 g/mol. The van der Waals surface area contributed by atoms with Gasteiger partial charge in [0.15, 0.2) is 0 Å². The zero-order chi connectivity index (χ0) is 21.9. The van der Waals surface area contributed by atoms with Gasteiger partial charge < -0.3 is 9.73 Å². The van der Waals surface area contributed by atoms with Crippen molar-refractivity contribution in [3.63, 3.8) is 0 Å². The molecule has 3 rings (SSSR count). The van der Waals surface area contributed by atoms with Gasteiger partial charge in [-0.2, -0.15) is 4.31 Å². The van der Waals surface area contributed by atoms with Crippen LogP contribution in [-0.4, -0.2) is 57.3 Å². The number of nitrogens with zero attached hydrogens (tertiary/aromatic N) is 2. The van der Waals surface area contributed by atoms with E-state index >= 15 is 0 Å². The van der Waals surface area contributed by atoms with Crippen LogP contribution in [-0.2, 0) is 10.0 Å². The van der Waals surface area contributed by atoms with E-state index in [-0.39, 0.29) is 16.8 Å². The lowest BCUT2D eigenvalue weighted by Crippen LogP contribution is -2.42. The van der Waals surface area contributed by atoms with Crippen molar-refractivity contribution in [2.75, 3.05) is 33.7 Å². The van der Waals surface area contributed by atoms with Gasteiger partial charge in [-0.25, -0.2) is 8.42 Å². The number of piperidine rings is 1. The molecule has 8 heteroatoms. The van der Waals surface area contributed by atoms with Crippen LogP contribution in [0, 0.1) is 11.8 Å². The zero-order valence-electron chi connectivity index (χ0n) is 18.0. The Morgan fingerprint density at radius 2 is 1.80 bits per heavy atom. The van der Waals surface area contributed by atoms with Gasteiger partial charge >= 0.3 is 0 Å². The SMILES string of the molecule is CC1CC(C)CN(S(=O)(=O)c2ccc(C(=O)NCC(c3ccco3)N(C)C)cc2)C1. The zero-order valence-corrected chi connectivity index (χ0v) is 18.9. The van der Waals surface area contributed by atoms with Crippen molar-refractivity contribution in [2.24, 2.45) is 11.8 Å². The second kappa shape index (κ2) is 9.32. The predicted molar refractivity (Wildman–Crippen MR) is 116 cm³/mol. The molecule has 0 radical (unpaired) electrons. The van der Waals surface area contributed by atoms with Gasteiger partial charge in [-0.15, -0.1) is 0 Å². The van der Waals surface area contributed by atoms with Crippen LogP contribution >= 0.6 is 0 Å². The van der Waals surface area contributed by atoms with Crippen LogP contribution in [0.3, 0.4) is 0 Å². The molecule has 0 aliphatic carbocycles. The maximum absolute atomic E-state index is 13.0. The van der Waals surface area contributed by atoms with Crippen molar-refractivity contribution in [3.8, 4) is 0 Å². The van der Waals surface area contributed by atoms with Crippen molar-refractivity contribution in [1.82, 2.24) is 14.5 Å². The number of carbonyl (C=O) groups excluding carboxylic acids is 1. The summed E-state index contributed by atoms with van der Waals surface area (Å²) >= 11 is 0. The fraction of sp³-hybridized carbons (Fsp3) is 0.500. The first kappa shape index (κ1) is 22.5. The maximum Gasteiger partial charge on any atom is 0.251 e.